The summed E-state index contributed by atoms with van der Waals surface area (Å²) in [6.45, 7) is 8.96. The Balaban J connectivity index is 1.80. The van der Waals surface area contributed by atoms with E-state index in [-0.39, 0.29) is 26.4 Å². The van der Waals surface area contributed by atoms with Crippen LogP contribution in [0.2, 0.25) is 0 Å². The van der Waals surface area contributed by atoms with Crippen LogP contribution < -0.4 is 0 Å². The van der Waals surface area contributed by atoms with Crippen molar-refractivity contribution in [3.63, 3.8) is 0 Å². The van der Waals surface area contributed by atoms with Gasteiger partial charge in [-0.3, -0.25) is 38.4 Å². The second-order valence-electron chi connectivity index (χ2n) is 13.5. The van der Waals surface area contributed by atoms with Crippen molar-refractivity contribution in [2.45, 2.75) is 142 Å². The molecule has 0 aromatic heterocycles. The molecule has 2 aliphatic rings. The summed E-state index contributed by atoms with van der Waals surface area (Å²) in [5, 5.41) is 0. The Labute approximate surface area is 357 Å². The molecule has 10 atom stereocenters. The van der Waals surface area contributed by atoms with E-state index >= 15 is 0 Å². The fourth-order valence-electron chi connectivity index (χ4n) is 6.06. The molecule has 0 bridgehead atoms. The lowest BCUT2D eigenvalue weighted by Crippen LogP contribution is -2.63. The molecule has 2 rings (SSSR count). The fourth-order valence-corrected chi connectivity index (χ4v) is 7.71. The van der Waals surface area contributed by atoms with Crippen LogP contribution in [0.1, 0.15) is 81.1 Å². The van der Waals surface area contributed by atoms with E-state index in [2.05, 4.69) is 0 Å². The summed E-state index contributed by atoms with van der Waals surface area (Å²) >= 11 is 3.28. The Hall–Kier alpha value is -3.70. The second-order valence-corrected chi connectivity index (χ2v) is 16.0. The van der Waals surface area contributed by atoms with E-state index in [1.807, 2.05) is 0 Å². The number of hydrogen-bond acceptors (Lipinski definition) is 22. The summed E-state index contributed by atoms with van der Waals surface area (Å²) in [6.07, 6.45) is -8.40. The van der Waals surface area contributed by atoms with Gasteiger partial charge in [0.1, 0.15) is 25.4 Å². The van der Waals surface area contributed by atoms with Gasteiger partial charge in [-0.1, -0.05) is 12.8 Å². The zero-order chi connectivity index (χ0) is 44.8. The van der Waals surface area contributed by atoms with E-state index < -0.39 is 109 Å². The standard InChI is InChI=1S/C38H58O20S2/c1-21(39)49-19-29-31(51-23(3)41)33(53-25(5)43)35(55-27(7)45)37(57-29)47-13-17-59-15-11-9-10-12-16-60-18-14-48-38-36(56-28(8)46)34(54-26(6)44)32(52-24(4)42)30(58-38)20-50-22(2)40/h29-38H,9-20H2,1-8H3/t29-,30-,31+,32+,33+,34+,35-,36-,37-,38-/m1/s1. The van der Waals surface area contributed by atoms with Crippen molar-refractivity contribution in [1.29, 1.82) is 0 Å². The molecule has 0 aliphatic carbocycles. The van der Waals surface area contributed by atoms with E-state index in [0.717, 1.165) is 78.7 Å². The lowest BCUT2D eigenvalue weighted by atomic mass is 9.98. The average molecular weight is 899 g/mol. The zero-order valence-electron chi connectivity index (χ0n) is 35.2. The molecule has 342 valence electrons. The number of unbranched alkanes of at least 4 members (excludes halogenated alkanes) is 3. The van der Waals surface area contributed by atoms with Crippen LogP contribution in [0.5, 0.6) is 0 Å². The summed E-state index contributed by atoms with van der Waals surface area (Å²) in [4.78, 5) is 94.9. The topological polar surface area (TPSA) is 247 Å². The first-order valence-corrected chi connectivity index (χ1v) is 21.7. The van der Waals surface area contributed by atoms with Gasteiger partial charge in [0.2, 0.25) is 0 Å². The van der Waals surface area contributed by atoms with Crippen molar-refractivity contribution < 1.29 is 95.2 Å². The highest BCUT2D eigenvalue weighted by molar-refractivity contribution is 7.99. The number of carbonyl (C=O) groups excluding carboxylic acids is 8. The van der Waals surface area contributed by atoms with Gasteiger partial charge in [-0.05, 0) is 24.3 Å². The highest BCUT2D eigenvalue weighted by Gasteiger charge is 2.54. The molecule has 0 aromatic rings. The van der Waals surface area contributed by atoms with E-state index in [1.54, 1.807) is 23.5 Å². The van der Waals surface area contributed by atoms with Gasteiger partial charge in [-0.15, -0.1) is 0 Å². The normalized spacial score (nSPS) is 26.1. The van der Waals surface area contributed by atoms with Crippen molar-refractivity contribution in [2.24, 2.45) is 0 Å². The van der Waals surface area contributed by atoms with Gasteiger partial charge in [0.25, 0.3) is 0 Å². The van der Waals surface area contributed by atoms with Crippen LogP contribution in [0.15, 0.2) is 0 Å². The second kappa shape index (κ2) is 28.0. The average Bonchev–Trinajstić information content (AvgIpc) is 3.13. The van der Waals surface area contributed by atoms with Gasteiger partial charge < -0.3 is 56.8 Å². The molecular weight excluding hydrogens is 841 g/mol. The van der Waals surface area contributed by atoms with Crippen molar-refractivity contribution in [1.82, 2.24) is 0 Å². The van der Waals surface area contributed by atoms with Crippen LogP contribution in [-0.2, 0) is 95.2 Å². The molecule has 60 heavy (non-hydrogen) atoms. The highest BCUT2D eigenvalue weighted by atomic mass is 32.2. The predicted molar refractivity (Wildman–Crippen MR) is 209 cm³/mol. The molecule has 22 heteroatoms. The number of esters is 8. The van der Waals surface area contributed by atoms with E-state index in [0.29, 0.717) is 11.5 Å². The summed E-state index contributed by atoms with van der Waals surface area (Å²) in [7, 11) is 0. The Morgan fingerprint density at radius 2 is 0.683 bits per heavy atom. The maximum atomic E-state index is 12.0. The maximum absolute atomic E-state index is 12.0. The van der Waals surface area contributed by atoms with Gasteiger partial charge in [0.05, 0.1) is 13.2 Å². The van der Waals surface area contributed by atoms with Gasteiger partial charge in [-0.2, -0.15) is 23.5 Å². The van der Waals surface area contributed by atoms with Crippen molar-refractivity contribution in [3.8, 4) is 0 Å². The molecule has 0 saturated carbocycles. The quantitative estimate of drug-likeness (QED) is 0.0724. The molecule has 0 N–H and O–H groups in total. The van der Waals surface area contributed by atoms with Crippen LogP contribution in [0.3, 0.4) is 0 Å². The minimum absolute atomic E-state index is 0.175. The Kier molecular flexibility index (Phi) is 24.5. The summed E-state index contributed by atoms with van der Waals surface area (Å²) < 4.78 is 66.3. The molecule has 2 fully saturated rings. The summed E-state index contributed by atoms with van der Waals surface area (Å²) in [5.41, 5.74) is 0. The van der Waals surface area contributed by atoms with Crippen molar-refractivity contribution >= 4 is 71.3 Å². The largest absolute Gasteiger partial charge is 0.463 e. The number of rotatable bonds is 25. The van der Waals surface area contributed by atoms with E-state index in [9.17, 15) is 38.4 Å². The lowest BCUT2D eigenvalue weighted by Gasteiger charge is -2.44. The van der Waals surface area contributed by atoms with Gasteiger partial charge >= 0.3 is 47.8 Å². The molecule has 0 radical (unpaired) electrons. The number of ether oxygens (including phenoxy) is 12. The van der Waals surface area contributed by atoms with Gasteiger partial charge in [0.15, 0.2) is 49.2 Å². The summed E-state index contributed by atoms with van der Waals surface area (Å²) in [5.74, 6) is -2.74. The Morgan fingerprint density at radius 3 is 0.983 bits per heavy atom. The first kappa shape index (κ1) is 52.4. The minimum Gasteiger partial charge on any atom is -0.463 e. The number of carbonyl (C=O) groups is 8. The number of hydrogen-bond donors (Lipinski definition) is 0. The SMILES string of the molecule is CC(=O)OC[C@H]1O[C@@H](OCCSCCCCCCSCCO[C@@H]2O[C@H](COC(C)=O)[C@H](OC(C)=O)[C@H](OC(C)=O)[C@H]2OC(C)=O)[C@H](OC(C)=O)[C@@H](OC(C)=O)[C@H]1OC(C)=O. The molecule has 0 amide bonds. The Bertz CT molecular complexity index is 1320. The third kappa shape index (κ3) is 20.2. The first-order valence-electron chi connectivity index (χ1n) is 19.4. The molecule has 0 unspecified atom stereocenters. The van der Waals surface area contributed by atoms with Gasteiger partial charge in [0, 0.05) is 66.9 Å². The van der Waals surface area contributed by atoms with Crippen molar-refractivity contribution in [2.75, 3.05) is 49.4 Å². The molecule has 2 aliphatic heterocycles. The van der Waals surface area contributed by atoms with Crippen LogP contribution in [0.25, 0.3) is 0 Å². The van der Waals surface area contributed by atoms with Crippen LogP contribution in [-0.4, -0.2) is 159 Å². The van der Waals surface area contributed by atoms with E-state index in [4.69, 9.17) is 56.8 Å². The molecule has 0 spiro atoms. The minimum atomic E-state index is -1.30. The van der Waals surface area contributed by atoms with Crippen molar-refractivity contribution in [3.05, 3.63) is 0 Å². The third-order valence-corrected chi connectivity index (χ3v) is 10.3. The maximum Gasteiger partial charge on any atom is 0.303 e. The number of thioether (sulfide) groups is 2. The van der Waals surface area contributed by atoms with Crippen LogP contribution in [0, 0.1) is 0 Å². The molecule has 0 aromatic carbocycles. The van der Waals surface area contributed by atoms with Crippen LogP contribution >= 0.6 is 23.5 Å². The molecule has 20 nitrogen and oxygen atoms in total. The predicted octanol–water partition coefficient (Wildman–Crippen LogP) is 2.21. The molecule has 2 heterocycles. The lowest BCUT2D eigenvalue weighted by molar-refractivity contribution is -0.307. The zero-order valence-corrected chi connectivity index (χ0v) is 36.9. The fraction of sp³-hybridized carbons (Fsp3) is 0.789. The van der Waals surface area contributed by atoms with E-state index in [1.165, 1.54) is 13.8 Å². The van der Waals surface area contributed by atoms with Crippen LogP contribution in [0.4, 0.5) is 0 Å². The monoisotopic (exact) mass is 898 g/mol. The van der Waals surface area contributed by atoms with Gasteiger partial charge in [-0.25, -0.2) is 0 Å². The highest BCUT2D eigenvalue weighted by Crippen LogP contribution is 2.32. The smallest absolute Gasteiger partial charge is 0.303 e. The molecule has 2 saturated heterocycles. The summed E-state index contributed by atoms with van der Waals surface area (Å²) in [6, 6.07) is 0. The Morgan fingerprint density at radius 1 is 0.383 bits per heavy atom. The molecular formula is C38H58O20S2. The third-order valence-electron chi connectivity index (χ3n) is 8.24. The first-order chi connectivity index (χ1) is 28.4.